The van der Waals surface area contributed by atoms with Crippen molar-refractivity contribution in [1.29, 1.82) is 0 Å². The predicted molar refractivity (Wildman–Crippen MR) is 125 cm³/mol. The van der Waals surface area contributed by atoms with Crippen molar-refractivity contribution in [1.82, 2.24) is 4.57 Å². The van der Waals surface area contributed by atoms with Crippen LogP contribution in [0.5, 0.6) is 5.75 Å². The molecule has 32 heavy (non-hydrogen) atoms. The molecule has 4 nitrogen and oxygen atoms in total. The summed E-state index contributed by atoms with van der Waals surface area (Å²) in [4.78, 5) is 25.6. The summed E-state index contributed by atoms with van der Waals surface area (Å²) in [5.74, 6) is -0.722. The molecule has 3 aromatic carbocycles. The zero-order chi connectivity index (χ0) is 22.2. The minimum atomic E-state index is -0.406. The first-order valence-electron chi connectivity index (χ1n) is 10.1. The molecular formula is C26H17BrFNO3. The lowest BCUT2D eigenvalue weighted by molar-refractivity contribution is 0.0990. The Balaban J connectivity index is 1.49. The van der Waals surface area contributed by atoms with Crippen molar-refractivity contribution >= 4 is 44.5 Å². The molecule has 6 heteroatoms. The second-order valence-electron chi connectivity index (χ2n) is 7.48. The molecule has 0 spiro atoms. The summed E-state index contributed by atoms with van der Waals surface area (Å²) in [7, 11) is 0. The van der Waals surface area contributed by atoms with Crippen LogP contribution in [0, 0.1) is 5.82 Å². The Morgan fingerprint density at radius 1 is 0.938 bits per heavy atom. The van der Waals surface area contributed by atoms with Gasteiger partial charge in [-0.15, -0.1) is 0 Å². The van der Waals surface area contributed by atoms with Crippen molar-refractivity contribution in [3.63, 3.8) is 0 Å². The van der Waals surface area contributed by atoms with Gasteiger partial charge in [-0.25, -0.2) is 4.39 Å². The summed E-state index contributed by atoms with van der Waals surface area (Å²) in [6, 6.07) is 19.0. The summed E-state index contributed by atoms with van der Waals surface area (Å²) < 4.78 is 22.3. The fourth-order valence-corrected chi connectivity index (χ4v) is 4.33. The molecule has 4 aromatic rings. The molecule has 0 saturated heterocycles. The first-order chi connectivity index (χ1) is 15.5. The second kappa shape index (κ2) is 8.20. The van der Waals surface area contributed by atoms with E-state index in [1.165, 1.54) is 6.07 Å². The van der Waals surface area contributed by atoms with Crippen LogP contribution in [-0.4, -0.2) is 22.7 Å². The van der Waals surface area contributed by atoms with Crippen molar-refractivity contribution in [2.24, 2.45) is 0 Å². The highest BCUT2D eigenvalue weighted by molar-refractivity contribution is 9.10. The minimum Gasteiger partial charge on any atom is -0.489 e. The van der Waals surface area contributed by atoms with Gasteiger partial charge in [-0.3, -0.25) is 9.59 Å². The van der Waals surface area contributed by atoms with Crippen LogP contribution >= 0.6 is 15.9 Å². The fourth-order valence-electron chi connectivity index (χ4n) is 3.97. The molecule has 1 aliphatic rings. The third-order valence-electron chi connectivity index (χ3n) is 5.51. The molecule has 0 unspecified atom stereocenters. The van der Waals surface area contributed by atoms with Gasteiger partial charge in [0.1, 0.15) is 6.61 Å². The Hall–Kier alpha value is -3.51. The highest BCUT2D eigenvalue weighted by atomic mass is 79.9. The van der Waals surface area contributed by atoms with Gasteiger partial charge in [0, 0.05) is 38.3 Å². The summed E-state index contributed by atoms with van der Waals surface area (Å²) in [6.07, 6.45) is 3.55. The molecule has 1 heterocycles. The van der Waals surface area contributed by atoms with Crippen LogP contribution in [0.25, 0.3) is 17.0 Å². The Morgan fingerprint density at radius 2 is 1.62 bits per heavy atom. The summed E-state index contributed by atoms with van der Waals surface area (Å²) >= 11 is 3.50. The Morgan fingerprint density at radius 3 is 2.34 bits per heavy atom. The Bertz CT molecular complexity index is 1380. The Kier molecular flexibility index (Phi) is 5.23. The van der Waals surface area contributed by atoms with Crippen molar-refractivity contribution < 1.29 is 18.7 Å². The fraction of sp³-hybridized carbons (Fsp3) is 0.0769. The van der Waals surface area contributed by atoms with E-state index in [1.807, 2.05) is 29.0 Å². The van der Waals surface area contributed by atoms with Crippen LogP contribution < -0.4 is 4.74 Å². The smallest absolute Gasteiger partial charge is 0.197 e. The van der Waals surface area contributed by atoms with E-state index in [1.54, 1.807) is 48.5 Å². The third-order valence-corrected chi connectivity index (χ3v) is 6.00. The number of hydrogen-bond donors (Lipinski definition) is 0. The Labute approximate surface area is 192 Å². The molecule has 0 saturated carbocycles. The number of ketones is 2. The van der Waals surface area contributed by atoms with Gasteiger partial charge in [-0.05, 0) is 36.4 Å². The average Bonchev–Trinajstić information content (AvgIpc) is 3.25. The van der Waals surface area contributed by atoms with Crippen LogP contribution in [0.2, 0.25) is 0 Å². The number of allylic oxidation sites excluding steroid dienone is 1. The predicted octanol–water partition coefficient (Wildman–Crippen LogP) is 6.08. The molecule has 5 rings (SSSR count). The molecule has 158 valence electrons. The van der Waals surface area contributed by atoms with Gasteiger partial charge < -0.3 is 9.30 Å². The highest BCUT2D eigenvalue weighted by Gasteiger charge is 2.32. The van der Waals surface area contributed by atoms with Gasteiger partial charge in [0.2, 0.25) is 0 Å². The molecule has 0 aliphatic heterocycles. The maximum Gasteiger partial charge on any atom is 0.197 e. The van der Waals surface area contributed by atoms with Crippen molar-refractivity contribution in [2.45, 2.75) is 6.54 Å². The van der Waals surface area contributed by atoms with E-state index in [0.29, 0.717) is 17.7 Å². The molecule has 0 N–H and O–H groups in total. The topological polar surface area (TPSA) is 48.3 Å². The summed E-state index contributed by atoms with van der Waals surface area (Å²) in [6.45, 7) is 0.734. The van der Waals surface area contributed by atoms with Crippen molar-refractivity contribution in [2.75, 3.05) is 6.61 Å². The van der Waals surface area contributed by atoms with Gasteiger partial charge in [-0.2, -0.15) is 0 Å². The lowest BCUT2D eigenvalue weighted by Gasteiger charge is -2.09. The van der Waals surface area contributed by atoms with Gasteiger partial charge >= 0.3 is 0 Å². The summed E-state index contributed by atoms with van der Waals surface area (Å²) in [5, 5.41) is 0.898. The number of carbonyl (C=O) groups excluding carboxylic acids is 2. The van der Waals surface area contributed by atoms with E-state index in [-0.39, 0.29) is 29.5 Å². The maximum atomic E-state index is 13.8. The highest BCUT2D eigenvalue weighted by Crippen LogP contribution is 2.31. The standard InChI is InChI=1S/C26H17BrFNO3/c27-17-9-10-23-20(14-17)16(13-21-25(30)18-5-1-2-6-19(18)26(21)31)15-29(23)11-12-32-24-8-4-3-7-22(24)28/h1-10,13-15H,11-12H2. The number of benzene rings is 3. The normalized spacial score (nSPS) is 13.0. The minimum absolute atomic E-state index is 0.160. The van der Waals surface area contributed by atoms with Crippen molar-refractivity contribution in [3.8, 4) is 5.75 Å². The molecule has 0 bridgehead atoms. The van der Waals surface area contributed by atoms with Crippen LogP contribution in [0.3, 0.4) is 0 Å². The van der Waals surface area contributed by atoms with E-state index in [0.717, 1.165) is 20.9 Å². The lowest BCUT2D eigenvalue weighted by Crippen LogP contribution is -2.08. The zero-order valence-corrected chi connectivity index (χ0v) is 18.4. The first-order valence-corrected chi connectivity index (χ1v) is 10.9. The maximum absolute atomic E-state index is 13.8. The van der Waals surface area contributed by atoms with Crippen LogP contribution in [0.1, 0.15) is 26.3 Å². The number of nitrogens with zero attached hydrogens (tertiary/aromatic N) is 1. The van der Waals surface area contributed by atoms with Gasteiger partial charge in [-0.1, -0.05) is 52.3 Å². The number of halogens is 2. The zero-order valence-electron chi connectivity index (χ0n) is 16.8. The molecular weight excluding hydrogens is 473 g/mol. The second-order valence-corrected chi connectivity index (χ2v) is 8.40. The first kappa shape index (κ1) is 20.4. The summed E-state index contributed by atoms with van der Waals surface area (Å²) in [5.41, 5.74) is 2.72. The lowest BCUT2D eigenvalue weighted by atomic mass is 10.1. The number of fused-ring (bicyclic) bond motifs is 2. The molecule has 0 amide bonds. The van der Waals surface area contributed by atoms with Gasteiger partial charge in [0.15, 0.2) is 23.1 Å². The average molecular weight is 490 g/mol. The van der Waals surface area contributed by atoms with Gasteiger partial charge in [0.05, 0.1) is 12.1 Å². The largest absolute Gasteiger partial charge is 0.489 e. The third kappa shape index (κ3) is 3.56. The van der Waals surface area contributed by atoms with Crippen LogP contribution in [0.4, 0.5) is 4.39 Å². The van der Waals surface area contributed by atoms with E-state index in [4.69, 9.17) is 4.74 Å². The van der Waals surface area contributed by atoms with E-state index in [9.17, 15) is 14.0 Å². The van der Waals surface area contributed by atoms with Crippen LogP contribution in [-0.2, 0) is 6.54 Å². The number of carbonyl (C=O) groups is 2. The number of hydrogen-bond acceptors (Lipinski definition) is 3. The van der Waals surface area contributed by atoms with E-state index in [2.05, 4.69) is 15.9 Å². The monoisotopic (exact) mass is 489 g/mol. The number of rotatable bonds is 5. The SMILES string of the molecule is O=C1C(=Cc2cn(CCOc3ccccc3F)c3ccc(Br)cc23)C(=O)c2ccccc21. The van der Waals surface area contributed by atoms with E-state index >= 15 is 0 Å². The molecule has 0 atom stereocenters. The van der Waals surface area contributed by atoms with E-state index < -0.39 is 5.82 Å². The molecule has 1 aliphatic carbocycles. The van der Waals surface area contributed by atoms with Crippen molar-refractivity contribution in [3.05, 3.63) is 105 Å². The number of aromatic nitrogens is 1. The molecule has 1 aromatic heterocycles. The number of Topliss-reactive ketones (excluding diaryl/α,β-unsaturated/α-hetero) is 2. The van der Waals surface area contributed by atoms with Crippen LogP contribution in [0.15, 0.2) is 83.0 Å². The molecule has 0 fully saturated rings. The molecule has 0 radical (unpaired) electrons. The number of ether oxygens (including phenoxy) is 1. The quantitative estimate of drug-likeness (QED) is 0.252. The number of para-hydroxylation sites is 1. The van der Waals surface area contributed by atoms with Gasteiger partial charge in [0.25, 0.3) is 0 Å².